The number of aliphatic hydroxyl groups is 1. The van der Waals surface area contributed by atoms with Gasteiger partial charge in [-0.25, -0.2) is 4.39 Å². The number of rotatable bonds is 3. The van der Waals surface area contributed by atoms with Crippen LogP contribution in [0.4, 0.5) is 4.39 Å². The van der Waals surface area contributed by atoms with Crippen LogP contribution in [0.2, 0.25) is 0 Å². The zero-order chi connectivity index (χ0) is 18.3. The minimum Gasteiger partial charge on any atom is -0.505 e. The van der Waals surface area contributed by atoms with Crippen LogP contribution in [0.15, 0.2) is 18.2 Å². The second-order valence-corrected chi connectivity index (χ2v) is 8.03. The Morgan fingerprint density at radius 3 is 2.54 bits per heavy atom. The predicted octanol–water partition coefficient (Wildman–Crippen LogP) is 2.40. The standard InChI is InChI=1S/C20H27FN2O3/c21-16-6-4-5-14(17(16)24)13-22-11-7-15(8-12-22)23-19(26)18(25)20(23)9-2-1-3-10-20/h4-6,15,18,24-25H,1-3,7-13H2. The molecule has 1 aromatic carbocycles. The Kier molecular flexibility index (Phi) is 4.65. The molecule has 1 unspecified atom stereocenters. The van der Waals surface area contributed by atoms with E-state index in [1.807, 2.05) is 4.90 Å². The summed E-state index contributed by atoms with van der Waals surface area (Å²) in [5.41, 5.74) is 0.283. The van der Waals surface area contributed by atoms with E-state index < -0.39 is 11.9 Å². The van der Waals surface area contributed by atoms with Gasteiger partial charge >= 0.3 is 0 Å². The van der Waals surface area contributed by atoms with Crippen molar-refractivity contribution in [3.63, 3.8) is 0 Å². The summed E-state index contributed by atoms with van der Waals surface area (Å²) >= 11 is 0. The summed E-state index contributed by atoms with van der Waals surface area (Å²) in [6.45, 7) is 2.12. The van der Waals surface area contributed by atoms with Gasteiger partial charge in [-0.05, 0) is 31.7 Å². The van der Waals surface area contributed by atoms with E-state index >= 15 is 0 Å². The van der Waals surface area contributed by atoms with Gasteiger partial charge in [0, 0.05) is 31.2 Å². The van der Waals surface area contributed by atoms with Gasteiger partial charge in [0.05, 0.1) is 5.54 Å². The molecule has 2 N–H and O–H groups in total. The van der Waals surface area contributed by atoms with Gasteiger partial charge in [0.1, 0.15) is 0 Å². The van der Waals surface area contributed by atoms with Crippen molar-refractivity contribution in [2.75, 3.05) is 13.1 Å². The van der Waals surface area contributed by atoms with Crippen LogP contribution in [0.1, 0.15) is 50.5 Å². The Bertz CT molecular complexity index is 682. The van der Waals surface area contributed by atoms with Gasteiger partial charge in [-0.2, -0.15) is 0 Å². The fraction of sp³-hybridized carbons (Fsp3) is 0.650. The predicted molar refractivity (Wildman–Crippen MR) is 95.0 cm³/mol. The second kappa shape index (κ2) is 6.82. The number of aromatic hydroxyl groups is 1. The van der Waals surface area contributed by atoms with Crippen LogP contribution in [0.5, 0.6) is 5.75 Å². The van der Waals surface area contributed by atoms with Crippen LogP contribution >= 0.6 is 0 Å². The molecular formula is C20H27FN2O3. The number of piperidine rings is 1. The molecule has 0 bridgehead atoms. The average molecular weight is 362 g/mol. The van der Waals surface area contributed by atoms with Crippen molar-refractivity contribution in [2.24, 2.45) is 0 Å². The summed E-state index contributed by atoms with van der Waals surface area (Å²) < 4.78 is 13.5. The van der Waals surface area contributed by atoms with Crippen LogP contribution in [0.25, 0.3) is 0 Å². The lowest BCUT2D eigenvalue weighted by Gasteiger charge is -2.61. The molecule has 2 saturated heterocycles. The third-order valence-corrected chi connectivity index (χ3v) is 6.57. The summed E-state index contributed by atoms with van der Waals surface area (Å²) in [6.07, 6.45) is 6.08. The van der Waals surface area contributed by atoms with E-state index in [0.717, 1.165) is 51.6 Å². The van der Waals surface area contributed by atoms with Crippen LogP contribution < -0.4 is 0 Å². The number of carbonyl (C=O) groups is 1. The van der Waals surface area contributed by atoms with Gasteiger partial charge in [0.15, 0.2) is 17.7 Å². The first-order valence-electron chi connectivity index (χ1n) is 9.73. The molecule has 142 valence electrons. The number of carbonyl (C=O) groups excluding carboxylic acids is 1. The highest BCUT2D eigenvalue weighted by Gasteiger charge is 2.61. The molecule has 1 atom stereocenters. The maximum absolute atomic E-state index is 13.5. The average Bonchev–Trinajstić information content (AvgIpc) is 2.67. The maximum Gasteiger partial charge on any atom is 0.254 e. The summed E-state index contributed by atoms with van der Waals surface area (Å²) in [5, 5.41) is 20.2. The van der Waals surface area contributed by atoms with Gasteiger partial charge in [0.25, 0.3) is 5.91 Å². The first-order chi connectivity index (χ1) is 12.5. The minimum atomic E-state index is -0.815. The molecule has 1 aliphatic carbocycles. The largest absolute Gasteiger partial charge is 0.505 e. The molecule has 26 heavy (non-hydrogen) atoms. The Labute approximate surface area is 153 Å². The SMILES string of the molecule is O=C1C(O)C2(CCCCC2)N1C1CCN(Cc2cccc(F)c2O)CC1. The molecule has 0 radical (unpaired) electrons. The number of para-hydroxylation sites is 1. The fourth-order valence-electron chi connectivity index (χ4n) is 5.13. The molecule has 1 amide bonds. The van der Waals surface area contributed by atoms with E-state index in [4.69, 9.17) is 0 Å². The lowest BCUT2D eigenvalue weighted by Crippen LogP contribution is -2.77. The van der Waals surface area contributed by atoms with E-state index in [1.165, 1.54) is 12.5 Å². The van der Waals surface area contributed by atoms with E-state index in [9.17, 15) is 19.4 Å². The second-order valence-electron chi connectivity index (χ2n) is 8.03. The number of likely N-dealkylation sites (tertiary alicyclic amines) is 2. The summed E-state index contributed by atoms with van der Waals surface area (Å²) in [5.74, 6) is -0.957. The van der Waals surface area contributed by atoms with E-state index in [1.54, 1.807) is 12.1 Å². The molecule has 3 fully saturated rings. The molecule has 1 aromatic rings. The third kappa shape index (κ3) is 2.79. The van der Waals surface area contributed by atoms with Crippen molar-refractivity contribution in [2.45, 2.75) is 69.2 Å². The van der Waals surface area contributed by atoms with Crippen LogP contribution in [-0.4, -0.2) is 56.7 Å². The number of halogens is 1. The van der Waals surface area contributed by atoms with Crippen molar-refractivity contribution in [3.8, 4) is 5.75 Å². The summed E-state index contributed by atoms with van der Waals surface area (Å²) in [4.78, 5) is 16.6. The lowest BCUT2D eigenvalue weighted by molar-refractivity contribution is -0.201. The first kappa shape index (κ1) is 17.7. The highest BCUT2D eigenvalue weighted by Crippen LogP contribution is 2.46. The van der Waals surface area contributed by atoms with E-state index in [0.29, 0.717) is 12.1 Å². The van der Waals surface area contributed by atoms with Crippen molar-refractivity contribution < 1.29 is 19.4 Å². The zero-order valence-corrected chi connectivity index (χ0v) is 15.0. The number of hydrogen-bond acceptors (Lipinski definition) is 4. The molecule has 4 rings (SSSR count). The van der Waals surface area contributed by atoms with Crippen LogP contribution in [0.3, 0.4) is 0 Å². The zero-order valence-electron chi connectivity index (χ0n) is 15.0. The van der Waals surface area contributed by atoms with Crippen LogP contribution in [0, 0.1) is 5.82 Å². The number of phenols is 1. The summed E-state index contributed by atoms with van der Waals surface area (Å²) in [7, 11) is 0. The Morgan fingerprint density at radius 2 is 1.85 bits per heavy atom. The van der Waals surface area contributed by atoms with Gasteiger partial charge in [0.2, 0.25) is 0 Å². The molecule has 6 heteroatoms. The van der Waals surface area contributed by atoms with E-state index in [-0.39, 0.29) is 23.2 Å². The Balaban J connectivity index is 1.39. The van der Waals surface area contributed by atoms with E-state index in [2.05, 4.69) is 4.90 Å². The molecule has 2 aliphatic heterocycles. The maximum atomic E-state index is 13.5. The fourth-order valence-corrected chi connectivity index (χ4v) is 5.13. The number of aliphatic hydroxyl groups excluding tert-OH is 1. The van der Waals surface area contributed by atoms with Crippen molar-refractivity contribution in [3.05, 3.63) is 29.6 Å². The smallest absolute Gasteiger partial charge is 0.254 e. The van der Waals surface area contributed by atoms with Gasteiger partial charge < -0.3 is 15.1 Å². The van der Waals surface area contributed by atoms with Crippen molar-refractivity contribution >= 4 is 5.91 Å². The first-order valence-corrected chi connectivity index (χ1v) is 9.73. The number of phenolic OH excluding ortho intramolecular Hbond substituents is 1. The number of hydrogen-bond donors (Lipinski definition) is 2. The normalized spacial score (nSPS) is 26.9. The Morgan fingerprint density at radius 1 is 1.15 bits per heavy atom. The molecule has 0 aromatic heterocycles. The molecule has 2 heterocycles. The topological polar surface area (TPSA) is 64.0 Å². The van der Waals surface area contributed by atoms with Gasteiger partial charge in [-0.15, -0.1) is 0 Å². The molecule has 5 nitrogen and oxygen atoms in total. The number of benzene rings is 1. The highest BCUT2D eigenvalue weighted by molar-refractivity contribution is 5.90. The monoisotopic (exact) mass is 362 g/mol. The minimum absolute atomic E-state index is 0.104. The molecule has 1 saturated carbocycles. The van der Waals surface area contributed by atoms with Crippen molar-refractivity contribution in [1.29, 1.82) is 0 Å². The van der Waals surface area contributed by atoms with Gasteiger partial charge in [-0.1, -0.05) is 31.4 Å². The van der Waals surface area contributed by atoms with Gasteiger partial charge in [-0.3, -0.25) is 9.69 Å². The summed E-state index contributed by atoms with van der Waals surface area (Å²) in [6, 6.07) is 4.80. The quantitative estimate of drug-likeness (QED) is 0.811. The molecule has 1 spiro atoms. The van der Waals surface area contributed by atoms with Crippen LogP contribution in [-0.2, 0) is 11.3 Å². The third-order valence-electron chi connectivity index (χ3n) is 6.57. The van der Waals surface area contributed by atoms with Crippen molar-refractivity contribution in [1.82, 2.24) is 9.80 Å². The molecular weight excluding hydrogens is 335 g/mol. The molecule has 3 aliphatic rings. The number of amides is 1. The lowest BCUT2D eigenvalue weighted by atomic mass is 9.68. The number of nitrogens with zero attached hydrogens (tertiary/aromatic N) is 2. The number of β-lactam (4-membered cyclic amide) rings is 1. The Hall–Kier alpha value is -1.66. The highest BCUT2D eigenvalue weighted by atomic mass is 19.1.